The lowest BCUT2D eigenvalue weighted by atomic mass is 10.0. The average molecular weight is 237 g/mol. The number of nitrogens with one attached hydrogen (secondary N) is 1. The summed E-state index contributed by atoms with van der Waals surface area (Å²) in [6, 6.07) is 13.5. The van der Waals surface area contributed by atoms with Gasteiger partial charge in [-0.1, -0.05) is 32.4 Å². The van der Waals surface area contributed by atoms with E-state index in [9.17, 15) is 0 Å². The zero-order valence-electron chi connectivity index (χ0n) is 11.1. The van der Waals surface area contributed by atoms with E-state index < -0.39 is 0 Å². The van der Waals surface area contributed by atoms with Crippen molar-refractivity contribution in [3.05, 3.63) is 47.5 Å². The molecule has 0 unspecified atom stereocenters. The maximum atomic E-state index is 3.50. The monoisotopic (exact) mass is 237 g/mol. The van der Waals surface area contributed by atoms with Gasteiger partial charge in [0.2, 0.25) is 0 Å². The number of hydrogen-bond donors (Lipinski definition) is 1. The fourth-order valence-corrected chi connectivity index (χ4v) is 2.66. The summed E-state index contributed by atoms with van der Waals surface area (Å²) in [5, 5.41) is 2.73. The van der Waals surface area contributed by atoms with Crippen LogP contribution in [-0.4, -0.2) is 4.98 Å². The smallest absolute Gasteiger partial charge is 0.0465 e. The van der Waals surface area contributed by atoms with Crippen molar-refractivity contribution in [2.24, 2.45) is 0 Å². The van der Waals surface area contributed by atoms with E-state index in [4.69, 9.17) is 0 Å². The molecule has 0 fully saturated rings. The molecule has 1 nitrogen and oxygen atoms in total. The van der Waals surface area contributed by atoms with Crippen LogP contribution in [0, 0.1) is 0 Å². The third-order valence-corrected chi connectivity index (χ3v) is 3.67. The molecule has 1 heteroatoms. The summed E-state index contributed by atoms with van der Waals surface area (Å²) in [7, 11) is 0. The Hall–Kier alpha value is -1.76. The van der Waals surface area contributed by atoms with E-state index in [1.54, 1.807) is 0 Å². The Balaban J connectivity index is 2.27. The molecule has 0 spiro atoms. The van der Waals surface area contributed by atoms with Crippen molar-refractivity contribution in [3.8, 4) is 0 Å². The van der Waals surface area contributed by atoms with Crippen LogP contribution in [0.15, 0.2) is 36.4 Å². The Kier molecular flexibility index (Phi) is 2.83. The number of aryl methyl sites for hydroxylation is 2. The lowest BCUT2D eigenvalue weighted by Crippen LogP contribution is -1.82. The number of benzene rings is 2. The van der Waals surface area contributed by atoms with Crippen LogP contribution in [0.3, 0.4) is 0 Å². The van der Waals surface area contributed by atoms with Crippen molar-refractivity contribution >= 4 is 21.8 Å². The zero-order chi connectivity index (χ0) is 12.5. The highest BCUT2D eigenvalue weighted by Crippen LogP contribution is 2.27. The van der Waals surface area contributed by atoms with Crippen LogP contribution >= 0.6 is 0 Å². The standard InChI is InChI=1S/C17H19N/c1-3-5-13-7-9-17-15(11-13)14-10-12(4-2)6-8-16(14)18-17/h6-11,18H,3-5H2,1-2H3. The Bertz CT molecular complexity index is 691. The molecule has 18 heavy (non-hydrogen) atoms. The normalized spacial score (nSPS) is 11.4. The van der Waals surface area contributed by atoms with E-state index in [0.29, 0.717) is 0 Å². The molecule has 0 radical (unpaired) electrons. The maximum Gasteiger partial charge on any atom is 0.0465 e. The number of fused-ring (bicyclic) bond motifs is 3. The zero-order valence-corrected chi connectivity index (χ0v) is 11.1. The molecule has 92 valence electrons. The number of aromatic amines is 1. The van der Waals surface area contributed by atoms with E-state index in [1.807, 2.05) is 0 Å². The molecule has 0 aliphatic carbocycles. The van der Waals surface area contributed by atoms with Crippen molar-refractivity contribution in [1.82, 2.24) is 4.98 Å². The highest BCUT2D eigenvalue weighted by molar-refractivity contribution is 6.07. The van der Waals surface area contributed by atoms with Crippen LogP contribution in [0.1, 0.15) is 31.4 Å². The van der Waals surface area contributed by atoms with Gasteiger partial charge in [-0.3, -0.25) is 0 Å². The van der Waals surface area contributed by atoms with Gasteiger partial charge in [-0.2, -0.15) is 0 Å². The van der Waals surface area contributed by atoms with Crippen LogP contribution in [0.4, 0.5) is 0 Å². The van der Waals surface area contributed by atoms with Crippen LogP contribution in [0.5, 0.6) is 0 Å². The van der Waals surface area contributed by atoms with Gasteiger partial charge in [0.1, 0.15) is 0 Å². The molecule has 3 rings (SSSR count). The summed E-state index contributed by atoms with van der Waals surface area (Å²) in [5.74, 6) is 0. The van der Waals surface area contributed by atoms with E-state index in [0.717, 1.165) is 12.8 Å². The first-order valence-electron chi connectivity index (χ1n) is 6.85. The van der Waals surface area contributed by atoms with Crippen molar-refractivity contribution in [2.75, 3.05) is 0 Å². The molecule has 0 aliphatic heterocycles. The molecule has 3 aromatic rings. The van der Waals surface area contributed by atoms with Gasteiger partial charge in [0, 0.05) is 21.8 Å². The van der Waals surface area contributed by atoms with Gasteiger partial charge in [0.25, 0.3) is 0 Å². The molecule has 0 saturated carbocycles. The highest BCUT2D eigenvalue weighted by atomic mass is 14.7. The average Bonchev–Trinajstić information content (AvgIpc) is 2.76. The molecule has 1 N–H and O–H groups in total. The highest BCUT2D eigenvalue weighted by Gasteiger charge is 2.05. The van der Waals surface area contributed by atoms with Crippen LogP contribution in [0.25, 0.3) is 21.8 Å². The second-order valence-corrected chi connectivity index (χ2v) is 4.99. The predicted molar refractivity (Wildman–Crippen MR) is 79.2 cm³/mol. The van der Waals surface area contributed by atoms with Gasteiger partial charge in [0.05, 0.1) is 0 Å². The minimum atomic E-state index is 1.09. The van der Waals surface area contributed by atoms with Crippen LogP contribution in [-0.2, 0) is 12.8 Å². The van der Waals surface area contributed by atoms with Gasteiger partial charge in [-0.15, -0.1) is 0 Å². The topological polar surface area (TPSA) is 15.8 Å². The fraction of sp³-hybridized carbons (Fsp3) is 0.294. The fourth-order valence-electron chi connectivity index (χ4n) is 2.66. The molecule has 0 atom stereocenters. The van der Waals surface area contributed by atoms with E-state index in [1.165, 1.54) is 39.4 Å². The first kappa shape index (κ1) is 11.3. The maximum absolute atomic E-state index is 3.50. The minimum absolute atomic E-state index is 1.09. The first-order chi connectivity index (χ1) is 8.81. The van der Waals surface area contributed by atoms with E-state index in [-0.39, 0.29) is 0 Å². The Morgan fingerprint density at radius 3 is 2.06 bits per heavy atom. The quantitative estimate of drug-likeness (QED) is 0.671. The van der Waals surface area contributed by atoms with E-state index in [2.05, 4.69) is 55.2 Å². The summed E-state index contributed by atoms with van der Waals surface area (Å²) in [6.45, 7) is 4.44. The van der Waals surface area contributed by atoms with Gasteiger partial charge in [-0.05, 0) is 48.2 Å². The number of hydrogen-bond acceptors (Lipinski definition) is 0. The molecule has 2 aromatic carbocycles. The summed E-state index contributed by atoms with van der Waals surface area (Å²) in [5.41, 5.74) is 5.34. The first-order valence-corrected chi connectivity index (χ1v) is 6.85. The lowest BCUT2D eigenvalue weighted by Gasteiger charge is -2.00. The summed E-state index contributed by atoms with van der Waals surface area (Å²) in [4.78, 5) is 3.50. The van der Waals surface area contributed by atoms with Crippen molar-refractivity contribution in [2.45, 2.75) is 33.1 Å². The summed E-state index contributed by atoms with van der Waals surface area (Å²) < 4.78 is 0. The lowest BCUT2D eigenvalue weighted by molar-refractivity contribution is 0.924. The van der Waals surface area contributed by atoms with Crippen molar-refractivity contribution in [3.63, 3.8) is 0 Å². The molecule has 0 aliphatic rings. The van der Waals surface area contributed by atoms with Crippen molar-refractivity contribution < 1.29 is 0 Å². The number of H-pyrrole nitrogens is 1. The second-order valence-electron chi connectivity index (χ2n) is 4.99. The van der Waals surface area contributed by atoms with Gasteiger partial charge in [-0.25, -0.2) is 0 Å². The third kappa shape index (κ3) is 1.80. The van der Waals surface area contributed by atoms with Crippen molar-refractivity contribution in [1.29, 1.82) is 0 Å². The Morgan fingerprint density at radius 1 is 0.833 bits per heavy atom. The summed E-state index contributed by atoms with van der Waals surface area (Å²) >= 11 is 0. The predicted octanol–water partition coefficient (Wildman–Crippen LogP) is 4.84. The van der Waals surface area contributed by atoms with E-state index >= 15 is 0 Å². The molecule has 1 heterocycles. The Labute approximate surface area is 108 Å². The second kappa shape index (κ2) is 4.49. The third-order valence-electron chi connectivity index (χ3n) is 3.67. The SMILES string of the molecule is CCCc1ccc2[nH]c3ccc(CC)cc3c2c1. The molecule has 0 bridgehead atoms. The molecular weight excluding hydrogens is 218 g/mol. The van der Waals surface area contributed by atoms with Gasteiger partial charge in [0.15, 0.2) is 0 Å². The number of rotatable bonds is 3. The van der Waals surface area contributed by atoms with Gasteiger partial charge < -0.3 is 4.98 Å². The van der Waals surface area contributed by atoms with Crippen LogP contribution < -0.4 is 0 Å². The molecule has 0 saturated heterocycles. The van der Waals surface area contributed by atoms with Gasteiger partial charge >= 0.3 is 0 Å². The minimum Gasteiger partial charge on any atom is -0.355 e. The largest absolute Gasteiger partial charge is 0.355 e. The summed E-state index contributed by atoms with van der Waals surface area (Å²) in [6.07, 6.45) is 3.46. The van der Waals surface area contributed by atoms with Crippen LogP contribution in [0.2, 0.25) is 0 Å². The molecule has 1 aromatic heterocycles. The Morgan fingerprint density at radius 2 is 1.44 bits per heavy atom. The molecular formula is C17H19N. The molecule has 0 amide bonds. The number of aromatic nitrogens is 1.